The predicted octanol–water partition coefficient (Wildman–Crippen LogP) is 5.45. The maximum atomic E-state index is 13.0. The van der Waals surface area contributed by atoms with E-state index in [0.717, 1.165) is 12.1 Å². The standard InChI is InChI=1S/C23H20ClF3N2O6S/c1-4-35-18-10-14(24)12(7-17(18)34-3)8-19-21(31)29(22(32)36-19)11-20(30)28-15-9-13(23(25,26)27)5-6-16(15)33-2/h5-10H,4,11H2,1-3H3,(H,28,30)/b19-8-. The first-order valence-electron chi connectivity index (χ1n) is 10.3. The lowest BCUT2D eigenvalue weighted by molar-refractivity contribution is -0.137. The summed E-state index contributed by atoms with van der Waals surface area (Å²) in [5, 5.41) is 1.76. The van der Waals surface area contributed by atoms with Gasteiger partial charge in [0.05, 0.1) is 42.0 Å². The monoisotopic (exact) mass is 544 g/mol. The van der Waals surface area contributed by atoms with Crippen LogP contribution >= 0.6 is 23.4 Å². The fourth-order valence-corrected chi connectivity index (χ4v) is 4.22. The predicted molar refractivity (Wildman–Crippen MR) is 128 cm³/mol. The molecule has 0 unspecified atom stereocenters. The zero-order valence-corrected chi connectivity index (χ0v) is 20.8. The number of carbonyl (C=O) groups excluding carboxylic acids is 3. The molecule has 0 bridgehead atoms. The van der Waals surface area contributed by atoms with Crippen LogP contribution in [0.1, 0.15) is 18.1 Å². The molecule has 1 fully saturated rings. The number of hydrogen-bond donors (Lipinski definition) is 1. The van der Waals surface area contributed by atoms with E-state index in [2.05, 4.69) is 5.32 Å². The van der Waals surface area contributed by atoms with Crippen molar-refractivity contribution in [3.8, 4) is 17.2 Å². The number of halogens is 4. The van der Waals surface area contributed by atoms with Crippen LogP contribution in [0.3, 0.4) is 0 Å². The first-order valence-corrected chi connectivity index (χ1v) is 11.5. The summed E-state index contributed by atoms with van der Waals surface area (Å²) < 4.78 is 54.8. The van der Waals surface area contributed by atoms with E-state index < -0.39 is 35.3 Å². The Kier molecular flexibility index (Phi) is 8.41. The number of thioether (sulfide) groups is 1. The summed E-state index contributed by atoms with van der Waals surface area (Å²) in [5.74, 6) is -0.917. The van der Waals surface area contributed by atoms with Gasteiger partial charge in [0.15, 0.2) is 11.5 Å². The van der Waals surface area contributed by atoms with Gasteiger partial charge in [-0.15, -0.1) is 0 Å². The second-order valence-electron chi connectivity index (χ2n) is 7.19. The number of rotatable bonds is 8. The molecule has 0 atom stereocenters. The first-order chi connectivity index (χ1) is 17.0. The Morgan fingerprint density at radius 3 is 2.42 bits per heavy atom. The highest BCUT2D eigenvalue weighted by molar-refractivity contribution is 8.18. The molecule has 2 aromatic rings. The Morgan fingerprint density at radius 2 is 1.81 bits per heavy atom. The number of imide groups is 1. The number of nitrogens with one attached hydrogen (secondary N) is 1. The van der Waals surface area contributed by atoms with E-state index in [4.69, 9.17) is 25.8 Å². The SMILES string of the molecule is CCOc1cc(Cl)c(/C=C2\SC(=O)N(CC(=O)Nc3cc(C(F)(F)F)ccc3OC)C2=O)cc1OC. The highest BCUT2D eigenvalue weighted by Gasteiger charge is 2.37. The molecule has 36 heavy (non-hydrogen) atoms. The normalized spacial score (nSPS) is 14.9. The lowest BCUT2D eigenvalue weighted by Crippen LogP contribution is -2.36. The molecule has 1 aliphatic rings. The van der Waals surface area contributed by atoms with Crippen LogP contribution in [0.2, 0.25) is 5.02 Å². The van der Waals surface area contributed by atoms with Crippen LogP contribution in [0.4, 0.5) is 23.7 Å². The summed E-state index contributed by atoms with van der Waals surface area (Å²) in [5.41, 5.74) is -0.885. The highest BCUT2D eigenvalue weighted by atomic mass is 35.5. The van der Waals surface area contributed by atoms with Gasteiger partial charge in [0.1, 0.15) is 12.3 Å². The minimum absolute atomic E-state index is 0.00226. The molecule has 2 aromatic carbocycles. The Hall–Kier alpha value is -3.38. The maximum absolute atomic E-state index is 13.0. The number of alkyl halides is 3. The van der Waals surface area contributed by atoms with Crippen LogP contribution in [0.15, 0.2) is 35.2 Å². The largest absolute Gasteiger partial charge is 0.495 e. The van der Waals surface area contributed by atoms with Crippen molar-refractivity contribution in [3.63, 3.8) is 0 Å². The second-order valence-corrected chi connectivity index (χ2v) is 8.59. The van der Waals surface area contributed by atoms with Crippen molar-refractivity contribution in [3.05, 3.63) is 51.4 Å². The van der Waals surface area contributed by atoms with E-state index in [9.17, 15) is 27.6 Å². The number of hydrogen-bond acceptors (Lipinski definition) is 7. The lowest BCUT2D eigenvalue weighted by atomic mass is 10.1. The molecule has 1 heterocycles. The van der Waals surface area contributed by atoms with Crippen molar-refractivity contribution in [1.82, 2.24) is 4.90 Å². The van der Waals surface area contributed by atoms with E-state index >= 15 is 0 Å². The van der Waals surface area contributed by atoms with Crippen LogP contribution in [-0.2, 0) is 15.8 Å². The van der Waals surface area contributed by atoms with Crippen molar-refractivity contribution >= 4 is 52.2 Å². The summed E-state index contributed by atoms with van der Waals surface area (Å²) in [4.78, 5) is 38.4. The van der Waals surface area contributed by atoms with Crippen molar-refractivity contribution in [2.75, 3.05) is 32.7 Å². The average molecular weight is 545 g/mol. The fraction of sp³-hybridized carbons (Fsp3) is 0.261. The molecule has 3 rings (SSSR count). The molecular formula is C23H20ClF3N2O6S. The molecular weight excluding hydrogens is 525 g/mol. The van der Waals surface area contributed by atoms with E-state index in [-0.39, 0.29) is 21.4 Å². The molecule has 1 aliphatic heterocycles. The van der Waals surface area contributed by atoms with Gasteiger partial charge in [0.2, 0.25) is 5.91 Å². The quantitative estimate of drug-likeness (QED) is 0.442. The molecule has 3 amide bonds. The Bertz CT molecular complexity index is 1240. The van der Waals surface area contributed by atoms with Gasteiger partial charge in [-0.1, -0.05) is 11.6 Å². The molecule has 0 radical (unpaired) electrons. The summed E-state index contributed by atoms with van der Waals surface area (Å²) >= 11 is 6.88. The van der Waals surface area contributed by atoms with Gasteiger partial charge in [-0.25, -0.2) is 0 Å². The summed E-state index contributed by atoms with van der Waals surface area (Å²) in [7, 11) is 2.65. The van der Waals surface area contributed by atoms with Crippen molar-refractivity contribution in [2.45, 2.75) is 13.1 Å². The molecule has 0 spiro atoms. The number of methoxy groups -OCH3 is 2. The number of amides is 3. The number of ether oxygens (including phenoxy) is 3. The molecule has 1 saturated heterocycles. The second kappa shape index (κ2) is 11.1. The van der Waals surface area contributed by atoms with Crippen molar-refractivity contribution in [2.24, 2.45) is 0 Å². The average Bonchev–Trinajstić information content (AvgIpc) is 3.07. The van der Waals surface area contributed by atoms with Gasteiger partial charge in [-0.3, -0.25) is 19.3 Å². The zero-order valence-electron chi connectivity index (χ0n) is 19.2. The Labute approximate surface area is 213 Å². The summed E-state index contributed by atoms with van der Waals surface area (Å²) in [6, 6.07) is 5.60. The zero-order chi connectivity index (χ0) is 26.6. The van der Waals surface area contributed by atoms with E-state index in [1.54, 1.807) is 6.92 Å². The lowest BCUT2D eigenvalue weighted by Gasteiger charge is -2.16. The Morgan fingerprint density at radius 1 is 1.11 bits per heavy atom. The third-order valence-corrected chi connectivity index (χ3v) is 6.08. The molecule has 0 aliphatic carbocycles. The van der Waals surface area contributed by atoms with Crippen LogP contribution in [0, 0.1) is 0 Å². The topological polar surface area (TPSA) is 94.2 Å². The molecule has 13 heteroatoms. The summed E-state index contributed by atoms with van der Waals surface area (Å²) in [6.45, 7) is 1.44. The van der Waals surface area contributed by atoms with Gasteiger partial charge < -0.3 is 19.5 Å². The number of anilines is 1. The van der Waals surface area contributed by atoms with Gasteiger partial charge in [-0.2, -0.15) is 13.2 Å². The van der Waals surface area contributed by atoms with Crippen LogP contribution in [0.25, 0.3) is 6.08 Å². The molecule has 192 valence electrons. The minimum Gasteiger partial charge on any atom is -0.495 e. The van der Waals surface area contributed by atoms with E-state index in [0.29, 0.717) is 46.4 Å². The molecule has 0 aromatic heterocycles. The van der Waals surface area contributed by atoms with Crippen molar-refractivity contribution in [1.29, 1.82) is 0 Å². The number of benzene rings is 2. The summed E-state index contributed by atoms with van der Waals surface area (Å²) in [6.07, 6.45) is -3.27. The number of carbonyl (C=O) groups is 3. The van der Waals surface area contributed by atoms with Crippen LogP contribution in [0.5, 0.6) is 17.2 Å². The van der Waals surface area contributed by atoms with E-state index in [1.165, 1.54) is 32.4 Å². The van der Waals surface area contributed by atoms with Gasteiger partial charge >= 0.3 is 6.18 Å². The Balaban J connectivity index is 1.79. The van der Waals surface area contributed by atoms with E-state index in [1.807, 2.05) is 0 Å². The first kappa shape index (κ1) is 27.2. The molecule has 8 nitrogen and oxygen atoms in total. The highest BCUT2D eigenvalue weighted by Crippen LogP contribution is 2.38. The number of nitrogens with zero attached hydrogens (tertiary/aromatic N) is 1. The van der Waals surface area contributed by atoms with Crippen LogP contribution < -0.4 is 19.5 Å². The minimum atomic E-state index is -4.65. The third kappa shape index (κ3) is 6.05. The molecule has 0 saturated carbocycles. The fourth-order valence-electron chi connectivity index (χ4n) is 3.18. The smallest absolute Gasteiger partial charge is 0.416 e. The van der Waals surface area contributed by atoms with Gasteiger partial charge in [0.25, 0.3) is 11.1 Å². The third-order valence-electron chi connectivity index (χ3n) is 4.85. The van der Waals surface area contributed by atoms with Gasteiger partial charge in [0, 0.05) is 6.07 Å². The maximum Gasteiger partial charge on any atom is 0.416 e. The van der Waals surface area contributed by atoms with Crippen molar-refractivity contribution < 1.29 is 41.8 Å². The molecule has 1 N–H and O–H groups in total. The van der Waals surface area contributed by atoms with Gasteiger partial charge in [-0.05, 0) is 54.6 Å². The van der Waals surface area contributed by atoms with Crippen LogP contribution in [-0.4, -0.2) is 49.3 Å².